The van der Waals surface area contributed by atoms with Gasteiger partial charge in [0, 0.05) is 19.1 Å². The van der Waals surface area contributed by atoms with Gasteiger partial charge < -0.3 is 10.5 Å². The summed E-state index contributed by atoms with van der Waals surface area (Å²) < 4.78 is 5.89. The van der Waals surface area contributed by atoms with E-state index in [2.05, 4.69) is 43.9 Å². The summed E-state index contributed by atoms with van der Waals surface area (Å²) in [7, 11) is 0. The van der Waals surface area contributed by atoms with Gasteiger partial charge >= 0.3 is 0 Å². The molecular weight excluding hydrogens is 248 g/mol. The first-order valence-electron chi connectivity index (χ1n) is 7.75. The highest BCUT2D eigenvalue weighted by Gasteiger charge is 2.25. The molecule has 3 heteroatoms. The third-order valence-corrected chi connectivity index (χ3v) is 4.16. The van der Waals surface area contributed by atoms with Gasteiger partial charge in [-0.2, -0.15) is 0 Å². The SMILES string of the molecule is CCCN1CCOC(C(N)Cc2cc(C)ccc2C)C1. The third-order valence-electron chi connectivity index (χ3n) is 4.16. The number of nitrogens with two attached hydrogens (primary N) is 1. The number of nitrogens with zero attached hydrogens (tertiary/aromatic N) is 1. The van der Waals surface area contributed by atoms with E-state index in [4.69, 9.17) is 10.5 Å². The molecule has 0 aromatic heterocycles. The van der Waals surface area contributed by atoms with Crippen molar-refractivity contribution < 1.29 is 4.74 Å². The molecule has 1 aliphatic rings. The normalized spacial score (nSPS) is 21.9. The van der Waals surface area contributed by atoms with Gasteiger partial charge in [-0.25, -0.2) is 0 Å². The Labute approximate surface area is 123 Å². The molecule has 3 nitrogen and oxygen atoms in total. The van der Waals surface area contributed by atoms with Gasteiger partial charge in [0.1, 0.15) is 0 Å². The Morgan fingerprint density at radius 2 is 2.20 bits per heavy atom. The first-order valence-corrected chi connectivity index (χ1v) is 7.75. The van der Waals surface area contributed by atoms with Crippen LogP contribution in [0, 0.1) is 13.8 Å². The van der Waals surface area contributed by atoms with Gasteiger partial charge in [0.2, 0.25) is 0 Å². The van der Waals surface area contributed by atoms with Crippen molar-refractivity contribution in [2.24, 2.45) is 5.73 Å². The molecule has 0 aliphatic carbocycles. The van der Waals surface area contributed by atoms with Crippen molar-refractivity contribution in [1.82, 2.24) is 4.90 Å². The number of hydrogen-bond donors (Lipinski definition) is 1. The van der Waals surface area contributed by atoms with E-state index in [0.717, 1.165) is 32.7 Å². The standard InChI is InChI=1S/C17H28N2O/c1-4-7-19-8-9-20-17(12-19)16(18)11-15-10-13(2)5-6-14(15)3/h5-6,10,16-17H,4,7-9,11-12,18H2,1-3H3. The van der Waals surface area contributed by atoms with Gasteiger partial charge in [0.25, 0.3) is 0 Å². The van der Waals surface area contributed by atoms with Crippen LogP contribution in [0.15, 0.2) is 18.2 Å². The second-order valence-corrected chi connectivity index (χ2v) is 6.01. The molecule has 1 aromatic carbocycles. The van der Waals surface area contributed by atoms with Crippen LogP contribution >= 0.6 is 0 Å². The van der Waals surface area contributed by atoms with Crippen molar-refractivity contribution in [2.75, 3.05) is 26.2 Å². The molecule has 1 aliphatic heterocycles. The minimum atomic E-state index is 0.0788. The van der Waals surface area contributed by atoms with Crippen LogP contribution < -0.4 is 5.73 Å². The van der Waals surface area contributed by atoms with Crippen LogP contribution in [0.3, 0.4) is 0 Å². The van der Waals surface area contributed by atoms with Crippen molar-refractivity contribution >= 4 is 0 Å². The molecule has 2 unspecified atom stereocenters. The van der Waals surface area contributed by atoms with Crippen molar-refractivity contribution in [3.8, 4) is 0 Å². The maximum Gasteiger partial charge on any atom is 0.0856 e. The molecule has 2 atom stereocenters. The van der Waals surface area contributed by atoms with Gasteiger partial charge in [0.15, 0.2) is 0 Å². The van der Waals surface area contributed by atoms with E-state index in [0.29, 0.717) is 0 Å². The number of aryl methyl sites for hydroxylation is 2. The van der Waals surface area contributed by atoms with Gasteiger partial charge in [-0.3, -0.25) is 4.90 Å². The highest BCUT2D eigenvalue weighted by Crippen LogP contribution is 2.16. The van der Waals surface area contributed by atoms with Crippen LogP contribution in [0.2, 0.25) is 0 Å². The molecule has 20 heavy (non-hydrogen) atoms. The van der Waals surface area contributed by atoms with Gasteiger partial charge in [-0.1, -0.05) is 30.7 Å². The Kier molecular flexibility index (Phi) is 5.58. The zero-order valence-corrected chi connectivity index (χ0v) is 13.1. The second-order valence-electron chi connectivity index (χ2n) is 6.01. The first-order chi connectivity index (χ1) is 9.60. The van der Waals surface area contributed by atoms with Crippen LogP contribution in [-0.4, -0.2) is 43.3 Å². The fourth-order valence-electron chi connectivity index (χ4n) is 2.92. The number of rotatable bonds is 5. The zero-order chi connectivity index (χ0) is 14.5. The van der Waals surface area contributed by atoms with Crippen molar-refractivity contribution in [2.45, 2.75) is 45.8 Å². The Morgan fingerprint density at radius 1 is 1.40 bits per heavy atom. The molecular formula is C17H28N2O. The van der Waals surface area contributed by atoms with Crippen LogP contribution in [0.1, 0.15) is 30.0 Å². The fourth-order valence-corrected chi connectivity index (χ4v) is 2.92. The predicted octanol–water partition coefficient (Wildman–Crippen LogP) is 2.28. The molecule has 2 N–H and O–H groups in total. The number of morpholine rings is 1. The Hall–Kier alpha value is -0.900. The van der Waals surface area contributed by atoms with E-state index in [1.807, 2.05) is 0 Å². The summed E-state index contributed by atoms with van der Waals surface area (Å²) in [5.74, 6) is 0. The average molecular weight is 276 g/mol. The summed E-state index contributed by atoms with van der Waals surface area (Å²) >= 11 is 0. The third kappa shape index (κ3) is 4.05. The van der Waals surface area contributed by atoms with Crippen molar-refractivity contribution in [3.05, 3.63) is 34.9 Å². The largest absolute Gasteiger partial charge is 0.374 e. The van der Waals surface area contributed by atoms with Gasteiger partial charge in [-0.15, -0.1) is 0 Å². The molecule has 0 amide bonds. The summed E-state index contributed by atoms with van der Waals surface area (Å²) in [4.78, 5) is 2.47. The van der Waals surface area contributed by atoms with E-state index in [1.165, 1.54) is 23.1 Å². The summed E-state index contributed by atoms with van der Waals surface area (Å²) in [6.07, 6.45) is 2.26. The molecule has 1 heterocycles. The Balaban J connectivity index is 1.96. The summed E-state index contributed by atoms with van der Waals surface area (Å²) in [5.41, 5.74) is 10.4. The molecule has 0 spiro atoms. The summed E-state index contributed by atoms with van der Waals surface area (Å²) in [6.45, 7) is 10.5. The Bertz CT molecular complexity index is 431. The predicted molar refractivity (Wildman–Crippen MR) is 84.1 cm³/mol. The molecule has 112 valence electrons. The van der Waals surface area contributed by atoms with E-state index < -0.39 is 0 Å². The van der Waals surface area contributed by atoms with Crippen LogP contribution in [0.4, 0.5) is 0 Å². The topological polar surface area (TPSA) is 38.5 Å². The lowest BCUT2D eigenvalue weighted by Crippen LogP contribution is -2.51. The highest BCUT2D eigenvalue weighted by molar-refractivity contribution is 5.31. The molecule has 0 saturated carbocycles. The minimum Gasteiger partial charge on any atom is -0.374 e. The minimum absolute atomic E-state index is 0.0788. The number of ether oxygens (including phenoxy) is 1. The average Bonchev–Trinajstić information content (AvgIpc) is 2.43. The van der Waals surface area contributed by atoms with E-state index >= 15 is 0 Å². The lowest BCUT2D eigenvalue weighted by atomic mass is 9.96. The summed E-state index contributed by atoms with van der Waals surface area (Å²) in [5, 5.41) is 0. The molecule has 1 aromatic rings. The summed E-state index contributed by atoms with van der Waals surface area (Å²) in [6, 6.07) is 6.67. The highest BCUT2D eigenvalue weighted by atomic mass is 16.5. The van der Waals surface area contributed by atoms with Crippen LogP contribution in [-0.2, 0) is 11.2 Å². The molecule has 0 radical (unpaired) electrons. The maximum absolute atomic E-state index is 6.41. The van der Waals surface area contributed by atoms with Crippen molar-refractivity contribution in [3.63, 3.8) is 0 Å². The number of hydrogen-bond acceptors (Lipinski definition) is 3. The van der Waals surface area contributed by atoms with Crippen LogP contribution in [0.5, 0.6) is 0 Å². The number of benzene rings is 1. The van der Waals surface area contributed by atoms with Crippen LogP contribution in [0.25, 0.3) is 0 Å². The lowest BCUT2D eigenvalue weighted by Gasteiger charge is -2.35. The van der Waals surface area contributed by atoms with Crippen molar-refractivity contribution in [1.29, 1.82) is 0 Å². The fraction of sp³-hybridized carbons (Fsp3) is 0.647. The lowest BCUT2D eigenvalue weighted by molar-refractivity contribution is -0.0400. The quantitative estimate of drug-likeness (QED) is 0.896. The smallest absolute Gasteiger partial charge is 0.0856 e. The second kappa shape index (κ2) is 7.21. The van der Waals surface area contributed by atoms with Gasteiger partial charge in [0.05, 0.1) is 12.7 Å². The van der Waals surface area contributed by atoms with Gasteiger partial charge in [-0.05, 0) is 44.4 Å². The molecule has 1 fully saturated rings. The molecule has 1 saturated heterocycles. The van der Waals surface area contributed by atoms with E-state index in [1.54, 1.807) is 0 Å². The molecule has 2 rings (SSSR count). The van der Waals surface area contributed by atoms with E-state index in [9.17, 15) is 0 Å². The maximum atomic E-state index is 6.41. The Morgan fingerprint density at radius 3 is 2.95 bits per heavy atom. The molecule has 0 bridgehead atoms. The first kappa shape index (κ1) is 15.5. The monoisotopic (exact) mass is 276 g/mol. The zero-order valence-electron chi connectivity index (χ0n) is 13.1. The van der Waals surface area contributed by atoms with E-state index in [-0.39, 0.29) is 12.1 Å².